The van der Waals surface area contributed by atoms with Crippen molar-refractivity contribution in [3.8, 4) is 11.5 Å². The minimum atomic E-state index is -3.32. The molecule has 1 amide bonds. The van der Waals surface area contributed by atoms with E-state index in [1.165, 1.54) is 24.3 Å². The van der Waals surface area contributed by atoms with Gasteiger partial charge in [-0.05, 0) is 44.2 Å². The molecule has 9 heteroatoms. The fourth-order valence-corrected chi connectivity index (χ4v) is 2.88. The molecule has 1 aromatic carbocycles. The van der Waals surface area contributed by atoms with Gasteiger partial charge in [0.1, 0.15) is 11.5 Å². The lowest BCUT2D eigenvalue weighted by molar-refractivity contribution is 0.102. The van der Waals surface area contributed by atoms with Gasteiger partial charge in [-0.25, -0.2) is 8.42 Å². The topological polar surface area (TPSA) is 115 Å². The molecular formula is C16H15N3O5S. The molecule has 0 aliphatic carbocycles. The summed E-state index contributed by atoms with van der Waals surface area (Å²) in [6, 6.07) is 7.24. The van der Waals surface area contributed by atoms with Crippen LogP contribution in [0.5, 0.6) is 0 Å². The molecule has 0 unspecified atom stereocenters. The molecule has 0 atom stereocenters. The number of carbonyl (C=O) groups excluding carboxylic acids is 1. The molecule has 8 nitrogen and oxygen atoms in total. The zero-order valence-electron chi connectivity index (χ0n) is 13.7. The Morgan fingerprint density at radius 3 is 2.32 bits per heavy atom. The number of carbonyl (C=O) groups is 1. The monoisotopic (exact) mass is 361 g/mol. The maximum absolute atomic E-state index is 12.2. The lowest BCUT2D eigenvalue weighted by atomic mass is 10.2. The number of aryl methyl sites for hydroxylation is 2. The van der Waals surface area contributed by atoms with Crippen molar-refractivity contribution in [3.05, 3.63) is 47.4 Å². The third-order valence-corrected chi connectivity index (χ3v) is 4.59. The summed E-state index contributed by atoms with van der Waals surface area (Å²) < 4.78 is 33.7. The van der Waals surface area contributed by atoms with Crippen LogP contribution in [-0.2, 0) is 9.84 Å². The van der Waals surface area contributed by atoms with E-state index >= 15 is 0 Å². The highest BCUT2D eigenvalue weighted by Gasteiger charge is 2.17. The van der Waals surface area contributed by atoms with Crippen LogP contribution in [0.4, 0.5) is 6.01 Å². The SMILES string of the molecule is Cc1cc(-c2nnc(NC(=O)c3ccc(S(C)(=O)=O)cc3)o2)c(C)o1. The molecule has 0 fully saturated rings. The molecule has 0 saturated carbocycles. The smallest absolute Gasteiger partial charge is 0.322 e. The third kappa shape index (κ3) is 3.61. The van der Waals surface area contributed by atoms with Gasteiger partial charge >= 0.3 is 6.01 Å². The summed E-state index contributed by atoms with van der Waals surface area (Å²) >= 11 is 0. The average Bonchev–Trinajstić information content (AvgIpc) is 3.12. The maximum atomic E-state index is 12.2. The minimum Gasteiger partial charge on any atom is -0.466 e. The number of amides is 1. The van der Waals surface area contributed by atoms with Crippen molar-refractivity contribution in [2.24, 2.45) is 0 Å². The number of rotatable bonds is 4. The molecule has 0 bridgehead atoms. The van der Waals surface area contributed by atoms with Gasteiger partial charge in [-0.3, -0.25) is 10.1 Å². The predicted molar refractivity (Wildman–Crippen MR) is 89.0 cm³/mol. The molecule has 0 saturated heterocycles. The Bertz CT molecular complexity index is 1030. The Labute approximate surface area is 143 Å². The van der Waals surface area contributed by atoms with Crippen molar-refractivity contribution in [2.45, 2.75) is 18.7 Å². The van der Waals surface area contributed by atoms with Gasteiger partial charge in [0.15, 0.2) is 9.84 Å². The van der Waals surface area contributed by atoms with E-state index in [-0.39, 0.29) is 22.4 Å². The molecule has 3 aromatic rings. The Morgan fingerprint density at radius 1 is 1.08 bits per heavy atom. The van der Waals surface area contributed by atoms with Crippen LogP contribution >= 0.6 is 0 Å². The molecule has 2 heterocycles. The van der Waals surface area contributed by atoms with Crippen molar-refractivity contribution in [2.75, 3.05) is 11.6 Å². The maximum Gasteiger partial charge on any atom is 0.322 e. The van der Waals surface area contributed by atoms with Crippen molar-refractivity contribution in [1.82, 2.24) is 10.2 Å². The molecular weight excluding hydrogens is 346 g/mol. The van der Waals surface area contributed by atoms with E-state index in [4.69, 9.17) is 8.83 Å². The van der Waals surface area contributed by atoms with Crippen LogP contribution in [0, 0.1) is 13.8 Å². The summed E-state index contributed by atoms with van der Waals surface area (Å²) in [5.74, 6) is 1.09. The zero-order valence-corrected chi connectivity index (χ0v) is 14.5. The molecule has 130 valence electrons. The molecule has 0 aliphatic heterocycles. The number of furan rings is 1. The second-order valence-corrected chi connectivity index (χ2v) is 7.51. The molecule has 2 aromatic heterocycles. The van der Waals surface area contributed by atoms with Crippen molar-refractivity contribution < 1.29 is 22.0 Å². The van der Waals surface area contributed by atoms with Crippen molar-refractivity contribution in [3.63, 3.8) is 0 Å². The number of aromatic nitrogens is 2. The first kappa shape index (κ1) is 16.9. The molecule has 25 heavy (non-hydrogen) atoms. The standard InChI is InChI=1S/C16H15N3O5S/c1-9-8-13(10(2)23-9)15-18-19-16(24-15)17-14(20)11-4-6-12(7-5-11)25(3,21)22/h4-8H,1-3H3,(H,17,19,20). The highest BCUT2D eigenvalue weighted by molar-refractivity contribution is 7.90. The van der Waals surface area contributed by atoms with Crippen LogP contribution in [0.15, 0.2) is 44.1 Å². The van der Waals surface area contributed by atoms with Gasteiger partial charge in [0.25, 0.3) is 11.8 Å². The van der Waals surface area contributed by atoms with E-state index in [2.05, 4.69) is 15.5 Å². The Morgan fingerprint density at radius 2 is 1.76 bits per heavy atom. The summed E-state index contributed by atoms with van der Waals surface area (Å²) in [6.07, 6.45) is 1.10. The number of hydrogen-bond acceptors (Lipinski definition) is 7. The number of benzene rings is 1. The van der Waals surface area contributed by atoms with Crippen LogP contribution in [0.2, 0.25) is 0 Å². The van der Waals surface area contributed by atoms with E-state index in [1.807, 2.05) is 0 Å². The summed E-state index contributed by atoms with van der Waals surface area (Å²) in [7, 11) is -3.32. The largest absolute Gasteiger partial charge is 0.466 e. The van der Waals surface area contributed by atoms with Gasteiger partial charge in [-0.15, -0.1) is 5.10 Å². The molecule has 0 radical (unpaired) electrons. The average molecular weight is 361 g/mol. The lowest BCUT2D eigenvalue weighted by Crippen LogP contribution is -2.12. The summed E-state index contributed by atoms with van der Waals surface area (Å²) in [4.78, 5) is 12.3. The van der Waals surface area contributed by atoms with Crippen molar-refractivity contribution in [1.29, 1.82) is 0 Å². The number of nitrogens with zero attached hydrogens (tertiary/aromatic N) is 2. The Hall–Kier alpha value is -2.94. The van der Waals surface area contributed by atoms with Gasteiger partial charge in [0.2, 0.25) is 0 Å². The normalized spacial score (nSPS) is 11.5. The lowest BCUT2D eigenvalue weighted by Gasteiger charge is -2.02. The van der Waals surface area contributed by atoms with Crippen molar-refractivity contribution >= 4 is 21.8 Å². The van der Waals surface area contributed by atoms with E-state index in [0.717, 1.165) is 6.26 Å². The van der Waals surface area contributed by atoms with Crippen LogP contribution < -0.4 is 5.32 Å². The Balaban J connectivity index is 1.77. The first-order valence-electron chi connectivity index (χ1n) is 7.26. The van der Waals surface area contributed by atoms with Crippen LogP contribution in [-0.4, -0.2) is 30.8 Å². The van der Waals surface area contributed by atoms with Crippen LogP contribution in [0.1, 0.15) is 21.9 Å². The second kappa shape index (κ2) is 6.17. The predicted octanol–water partition coefficient (Wildman–Crippen LogP) is 2.60. The number of anilines is 1. The van der Waals surface area contributed by atoms with Gasteiger partial charge in [-0.2, -0.15) is 0 Å². The summed E-state index contributed by atoms with van der Waals surface area (Å²) in [6.45, 7) is 3.57. The van der Waals surface area contributed by atoms with Gasteiger partial charge in [0.05, 0.1) is 10.5 Å². The molecule has 3 rings (SSSR count). The molecule has 0 aliphatic rings. The highest BCUT2D eigenvalue weighted by atomic mass is 32.2. The number of hydrogen-bond donors (Lipinski definition) is 1. The van der Waals surface area contributed by atoms with Gasteiger partial charge < -0.3 is 8.83 Å². The summed E-state index contributed by atoms with van der Waals surface area (Å²) in [5, 5.41) is 10.1. The van der Waals surface area contributed by atoms with Crippen LogP contribution in [0.3, 0.4) is 0 Å². The van der Waals surface area contributed by atoms with Gasteiger partial charge in [0, 0.05) is 11.8 Å². The zero-order chi connectivity index (χ0) is 18.2. The summed E-state index contributed by atoms with van der Waals surface area (Å²) in [5.41, 5.74) is 0.922. The van der Waals surface area contributed by atoms with E-state index in [0.29, 0.717) is 17.1 Å². The first-order chi connectivity index (χ1) is 11.7. The minimum absolute atomic E-state index is 0.0644. The fourth-order valence-electron chi connectivity index (χ4n) is 2.25. The van der Waals surface area contributed by atoms with E-state index in [9.17, 15) is 13.2 Å². The second-order valence-electron chi connectivity index (χ2n) is 5.49. The number of nitrogens with one attached hydrogen (secondary N) is 1. The third-order valence-electron chi connectivity index (χ3n) is 3.46. The van der Waals surface area contributed by atoms with E-state index < -0.39 is 15.7 Å². The van der Waals surface area contributed by atoms with E-state index in [1.54, 1.807) is 19.9 Å². The molecule has 0 spiro atoms. The van der Waals surface area contributed by atoms with Crippen LogP contribution in [0.25, 0.3) is 11.5 Å². The number of sulfone groups is 1. The Kier molecular flexibility index (Phi) is 4.17. The quantitative estimate of drug-likeness (QED) is 0.759. The fraction of sp³-hybridized carbons (Fsp3) is 0.188. The highest BCUT2D eigenvalue weighted by Crippen LogP contribution is 2.26. The first-order valence-corrected chi connectivity index (χ1v) is 9.15. The molecule has 1 N–H and O–H groups in total. The van der Waals surface area contributed by atoms with Gasteiger partial charge in [-0.1, -0.05) is 5.10 Å².